The second kappa shape index (κ2) is 5.61. The average Bonchev–Trinajstić information content (AvgIpc) is 2.81. The maximum absolute atomic E-state index is 6.28. The summed E-state index contributed by atoms with van der Waals surface area (Å²) < 4.78 is 0. The lowest BCUT2D eigenvalue weighted by Gasteiger charge is -2.32. The molecule has 2 aliphatic rings. The van der Waals surface area contributed by atoms with E-state index in [4.69, 9.17) is 16.6 Å². The zero-order valence-electron chi connectivity index (χ0n) is 12.1. The molecule has 1 fully saturated rings. The molecule has 0 aromatic heterocycles. The fourth-order valence-corrected chi connectivity index (χ4v) is 4.46. The minimum Gasteiger partial charge on any atom is -0.334 e. The fourth-order valence-electron chi connectivity index (χ4n) is 3.00. The number of thioether (sulfide) groups is 1. The van der Waals surface area contributed by atoms with Crippen LogP contribution in [0.25, 0.3) is 0 Å². The van der Waals surface area contributed by atoms with Crippen LogP contribution in [0.15, 0.2) is 23.2 Å². The molecule has 1 aromatic carbocycles. The maximum Gasteiger partial charge on any atom is 0.161 e. The molecule has 0 amide bonds. The number of nitrogens with one attached hydrogen (secondary N) is 1. The third kappa shape index (κ3) is 2.84. The molecule has 0 radical (unpaired) electrons. The van der Waals surface area contributed by atoms with Crippen LogP contribution in [0.3, 0.4) is 0 Å². The van der Waals surface area contributed by atoms with Gasteiger partial charge in [0.05, 0.1) is 16.2 Å². The van der Waals surface area contributed by atoms with Crippen molar-refractivity contribution in [3.05, 3.63) is 28.8 Å². The van der Waals surface area contributed by atoms with Gasteiger partial charge in [0, 0.05) is 5.75 Å². The van der Waals surface area contributed by atoms with Gasteiger partial charge in [-0.15, -0.1) is 0 Å². The van der Waals surface area contributed by atoms with Gasteiger partial charge in [0.1, 0.15) is 0 Å². The number of hydrogen-bond acceptors (Lipinski definition) is 3. The predicted octanol–water partition coefficient (Wildman–Crippen LogP) is 5.11. The first kappa shape index (κ1) is 14.3. The monoisotopic (exact) mass is 308 g/mol. The van der Waals surface area contributed by atoms with E-state index >= 15 is 0 Å². The Morgan fingerprint density at radius 3 is 2.80 bits per heavy atom. The van der Waals surface area contributed by atoms with Crippen LogP contribution in [0.1, 0.15) is 38.2 Å². The highest BCUT2D eigenvalue weighted by Crippen LogP contribution is 2.42. The van der Waals surface area contributed by atoms with Gasteiger partial charge >= 0.3 is 0 Å². The van der Waals surface area contributed by atoms with Crippen LogP contribution in [0.5, 0.6) is 0 Å². The van der Waals surface area contributed by atoms with Gasteiger partial charge in [-0.25, -0.2) is 0 Å². The Labute approximate surface area is 130 Å². The van der Waals surface area contributed by atoms with Crippen molar-refractivity contribution in [3.8, 4) is 0 Å². The molecule has 1 saturated carbocycles. The van der Waals surface area contributed by atoms with Crippen LogP contribution >= 0.6 is 23.4 Å². The van der Waals surface area contributed by atoms with Gasteiger partial charge in [0.2, 0.25) is 0 Å². The van der Waals surface area contributed by atoms with Crippen LogP contribution in [0.4, 0.5) is 5.69 Å². The second-order valence-electron chi connectivity index (χ2n) is 6.17. The van der Waals surface area contributed by atoms with E-state index in [0.717, 1.165) is 27.5 Å². The molecule has 1 spiro atoms. The number of rotatable bonds is 1. The molecule has 0 unspecified atom stereocenters. The molecule has 1 aliphatic carbocycles. The summed E-state index contributed by atoms with van der Waals surface area (Å²) in [5.74, 6) is 1.98. The number of halogens is 1. The van der Waals surface area contributed by atoms with E-state index in [1.54, 1.807) is 0 Å². The van der Waals surface area contributed by atoms with Crippen molar-refractivity contribution in [1.29, 1.82) is 0 Å². The molecular formula is C16H21ClN2S. The Balaban J connectivity index is 1.76. The number of aliphatic imine (C=N–C) groups is 1. The van der Waals surface area contributed by atoms with Crippen LogP contribution in [-0.2, 0) is 0 Å². The normalized spacial score (nSPS) is 29.6. The lowest BCUT2D eigenvalue weighted by molar-refractivity contribution is 0.273. The van der Waals surface area contributed by atoms with Crippen molar-refractivity contribution in [1.82, 2.24) is 0 Å². The minimum absolute atomic E-state index is 0.189. The van der Waals surface area contributed by atoms with Crippen molar-refractivity contribution in [2.24, 2.45) is 10.9 Å². The first-order valence-corrected chi connectivity index (χ1v) is 8.69. The quantitative estimate of drug-likeness (QED) is 0.779. The van der Waals surface area contributed by atoms with Gasteiger partial charge in [-0.2, -0.15) is 0 Å². The summed E-state index contributed by atoms with van der Waals surface area (Å²) in [4.78, 5) is 5.00. The molecule has 1 heterocycles. The third-order valence-corrected chi connectivity index (χ3v) is 5.94. The van der Waals surface area contributed by atoms with Gasteiger partial charge < -0.3 is 5.32 Å². The van der Waals surface area contributed by atoms with Crippen molar-refractivity contribution in [2.45, 2.75) is 45.1 Å². The minimum atomic E-state index is 0.189. The number of benzene rings is 1. The zero-order valence-corrected chi connectivity index (χ0v) is 13.7. The molecule has 1 aliphatic heterocycles. The maximum atomic E-state index is 6.28. The Morgan fingerprint density at radius 2 is 2.10 bits per heavy atom. The Kier molecular flexibility index (Phi) is 4.00. The standard InChI is InChI=1S/C16H21ClN2S/c1-11-6-8-16(9-7-11)10-20-15(19-16)18-14-12(2)4-3-5-13(14)17/h3-5,11H,6-10H2,1-2H3,(H,18,19). The average molecular weight is 309 g/mol. The SMILES string of the molecule is Cc1cccc(Cl)c1NC1=NC2(CCC(C)CC2)CS1. The predicted molar refractivity (Wildman–Crippen MR) is 90.1 cm³/mol. The summed E-state index contributed by atoms with van der Waals surface area (Å²) in [6, 6.07) is 5.98. The van der Waals surface area contributed by atoms with Gasteiger partial charge in [0.25, 0.3) is 0 Å². The lowest BCUT2D eigenvalue weighted by atomic mass is 9.79. The second-order valence-corrected chi connectivity index (χ2v) is 7.54. The lowest BCUT2D eigenvalue weighted by Crippen LogP contribution is -2.32. The van der Waals surface area contributed by atoms with Crippen molar-refractivity contribution >= 4 is 34.2 Å². The van der Waals surface area contributed by atoms with E-state index in [-0.39, 0.29) is 5.54 Å². The number of anilines is 1. The number of aryl methyl sites for hydroxylation is 1. The Hall–Kier alpha value is -0.670. The van der Waals surface area contributed by atoms with E-state index in [1.165, 1.54) is 31.2 Å². The van der Waals surface area contributed by atoms with Gasteiger partial charge in [0.15, 0.2) is 5.17 Å². The molecule has 20 heavy (non-hydrogen) atoms. The highest BCUT2D eigenvalue weighted by atomic mass is 35.5. The van der Waals surface area contributed by atoms with Gasteiger partial charge in [-0.05, 0) is 50.2 Å². The molecule has 0 bridgehead atoms. The first-order chi connectivity index (χ1) is 9.58. The van der Waals surface area contributed by atoms with Crippen molar-refractivity contribution in [3.63, 3.8) is 0 Å². The topological polar surface area (TPSA) is 24.4 Å². The smallest absolute Gasteiger partial charge is 0.161 e. The highest BCUT2D eigenvalue weighted by molar-refractivity contribution is 8.14. The number of amidine groups is 1. The zero-order chi connectivity index (χ0) is 14.2. The van der Waals surface area contributed by atoms with Crippen LogP contribution in [0, 0.1) is 12.8 Å². The van der Waals surface area contributed by atoms with Crippen LogP contribution in [-0.4, -0.2) is 16.5 Å². The number of para-hydroxylation sites is 1. The summed E-state index contributed by atoms with van der Waals surface area (Å²) in [6.45, 7) is 4.43. The molecule has 0 saturated heterocycles. The molecule has 108 valence electrons. The molecule has 2 nitrogen and oxygen atoms in total. The molecule has 4 heteroatoms. The third-order valence-electron chi connectivity index (χ3n) is 4.48. The van der Waals surface area contributed by atoms with Crippen LogP contribution in [0.2, 0.25) is 5.02 Å². The molecule has 1 aromatic rings. The Bertz CT molecular complexity index is 513. The summed E-state index contributed by atoms with van der Waals surface area (Å²) >= 11 is 8.12. The first-order valence-electron chi connectivity index (χ1n) is 7.33. The fraction of sp³-hybridized carbons (Fsp3) is 0.562. The molecular weight excluding hydrogens is 288 g/mol. The van der Waals surface area contributed by atoms with E-state index in [1.807, 2.05) is 23.9 Å². The molecule has 3 rings (SSSR count). The van der Waals surface area contributed by atoms with E-state index in [2.05, 4.69) is 25.2 Å². The van der Waals surface area contributed by atoms with Crippen molar-refractivity contribution in [2.75, 3.05) is 11.1 Å². The summed E-state index contributed by atoms with van der Waals surface area (Å²) in [5.41, 5.74) is 2.36. The van der Waals surface area contributed by atoms with Gasteiger partial charge in [-0.1, -0.05) is 42.4 Å². The van der Waals surface area contributed by atoms with Crippen molar-refractivity contribution < 1.29 is 0 Å². The number of nitrogens with zero attached hydrogens (tertiary/aromatic N) is 1. The van der Waals surface area contributed by atoms with E-state index in [0.29, 0.717) is 0 Å². The molecule has 0 atom stereocenters. The largest absolute Gasteiger partial charge is 0.334 e. The van der Waals surface area contributed by atoms with E-state index in [9.17, 15) is 0 Å². The molecule has 1 N–H and O–H groups in total. The van der Waals surface area contributed by atoms with Gasteiger partial charge in [-0.3, -0.25) is 4.99 Å². The van der Waals surface area contributed by atoms with Crippen LogP contribution < -0.4 is 5.32 Å². The summed E-state index contributed by atoms with van der Waals surface area (Å²) in [5, 5.41) is 5.25. The summed E-state index contributed by atoms with van der Waals surface area (Å²) in [6.07, 6.45) is 5.08. The Morgan fingerprint density at radius 1 is 1.35 bits per heavy atom. The highest BCUT2D eigenvalue weighted by Gasteiger charge is 2.38. The van der Waals surface area contributed by atoms with E-state index < -0.39 is 0 Å². The number of hydrogen-bond donors (Lipinski definition) is 1. The summed E-state index contributed by atoms with van der Waals surface area (Å²) in [7, 11) is 0.